The molecule has 2 rings (SSSR count). The summed E-state index contributed by atoms with van der Waals surface area (Å²) >= 11 is 0. The van der Waals surface area contributed by atoms with Gasteiger partial charge in [0.25, 0.3) is 0 Å². The Morgan fingerprint density at radius 2 is 2.18 bits per heavy atom. The fourth-order valence-corrected chi connectivity index (χ4v) is 2.12. The van der Waals surface area contributed by atoms with Gasteiger partial charge in [0.1, 0.15) is 0 Å². The van der Waals surface area contributed by atoms with Gasteiger partial charge in [0.15, 0.2) is 0 Å². The van der Waals surface area contributed by atoms with Crippen molar-refractivity contribution >= 4 is 5.69 Å². The Kier molecular flexibility index (Phi) is 3.28. The van der Waals surface area contributed by atoms with Gasteiger partial charge in [-0.25, -0.2) is 0 Å². The topological polar surface area (TPSA) is 24.1 Å². The van der Waals surface area contributed by atoms with E-state index in [2.05, 4.69) is 10.6 Å². The largest absolute Gasteiger partial charge is 0.416 e. The van der Waals surface area contributed by atoms with Crippen LogP contribution in [0.2, 0.25) is 0 Å². The number of rotatable bonds is 2. The Morgan fingerprint density at radius 3 is 2.82 bits per heavy atom. The highest BCUT2D eigenvalue weighted by Gasteiger charge is 2.31. The van der Waals surface area contributed by atoms with Crippen LogP contribution >= 0.6 is 0 Å². The molecule has 1 unspecified atom stereocenters. The van der Waals surface area contributed by atoms with E-state index < -0.39 is 11.7 Å². The number of anilines is 1. The number of hydrogen-bond donors (Lipinski definition) is 2. The fourth-order valence-electron chi connectivity index (χ4n) is 2.12. The van der Waals surface area contributed by atoms with Gasteiger partial charge in [0, 0.05) is 18.3 Å². The summed E-state index contributed by atoms with van der Waals surface area (Å²) in [5.74, 6) is 0. The first kappa shape index (κ1) is 12.2. The molecular weight excluding hydrogens is 229 g/mol. The van der Waals surface area contributed by atoms with Crippen molar-refractivity contribution in [3.63, 3.8) is 0 Å². The highest BCUT2D eigenvalue weighted by molar-refractivity contribution is 5.55. The zero-order valence-corrected chi connectivity index (χ0v) is 9.56. The summed E-state index contributed by atoms with van der Waals surface area (Å²) in [6.07, 6.45) is -3.62. The van der Waals surface area contributed by atoms with Crippen LogP contribution in [0.4, 0.5) is 18.9 Å². The Balaban J connectivity index is 2.23. The van der Waals surface area contributed by atoms with Gasteiger partial charge in [0.2, 0.25) is 0 Å². The highest BCUT2D eigenvalue weighted by Crippen LogP contribution is 2.33. The third kappa shape index (κ3) is 2.72. The molecule has 0 spiro atoms. The van der Waals surface area contributed by atoms with Gasteiger partial charge in [-0.05, 0) is 36.7 Å². The number of halogens is 3. The van der Waals surface area contributed by atoms with Gasteiger partial charge < -0.3 is 10.6 Å². The van der Waals surface area contributed by atoms with Crippen molar-refractivity contribution in [3.8, 4) is 0 Å². The molecule has 0 aromatic heterocycles. The Labute approximate surface area is 98.2 Å². The number of benzene rings is 1. The maximum Gasteiger partial charge on any atom is 0.416 e. The van der Waals surface area contributed by atoms with Crippen molar-refractivity contribution in [2.75, 3.05) is 18.4 Å². The number of alkyl halides is 3. The Hall–Kier alpha value is -1.23. The van der Waals surface area contributed by atoms with E-state index in [4.69, 9.17) is 0 Å². The molecule has 0 amide bonds. The number of nitrogens with one attached hydrogen (secondary N) is 2. The van der Waals surface area contributed by atoms with Gasteiger partial charge in [-0.3, -0.25) is 0 Å². The molecule has 1 atom stereocenters. The van der Waals surface area contributed by atoms with Crippen molar-refractivity contribution in [2.45, 2.75) is 25.6 Å². The molecule has 2 nitrogen and oxygen atoms in total. The molecule has 0 bridgehead atoms. The average Bonchev–Trinajstić information content (AvgIpc) is 2.27. The molecule has 0 aliphatic carbocycles. The second kappa shape index (κ2) is 4.56. The number of likely N-dealkylation sites (N-methyl/N-ethyl adjacent to an activating group) is 1. The van der Waals surface area contributed by atoms with Gasteiger partial charge in [-0.2, -0.15) is 13.2 Å². The normalized spacial score (nSPS) is 19.6. The minimum absolute atomic E-state index is 0.205. The van der Waals surface area contributed by atoms with Crippen molar-refractivity contribution in [3.05, 3.63) is 29.3 Å². The van der Waals surface area contributed by atoms with E-state index in [9.17, 15) is 13.2 Å². The molecule has 0 saturated heterocycles. The van der Waals surface area contributed by atoms with Gasteiger partial charge in [-0.15, -0.1) is 0 Å². The third-order valence-electron chi connectivity index (χ3n) is 2.93. The molecule has 0 fully saturated rings. The van der Waals surface area contributed by atoms with Crippen LogP contribution in [0.15, 0.2) is 18.2 Å². The van der Waals surface area contributed by atoms with E-state index in [0.29, 0.717) is 6.42 Å². The van der Waals surface area contributed by atoms with Gasteiger partial charge in [0.05, 0.1) is 5.56 Å². The second-order valence-corrected chi connectivity index (χ2v) is 4.21. The number of hydrogen-bond acceptors (Lipinski definition) is 2. The third-order valence-corrected chi connectivity index (χ3v) is 2.93. The smallest absolute Gasteiger partial charge is 0.383 e. The lowest BCUT2D eigenvalue weighted by Crippen LogP contribution is -2.40. The molecule has 5 heteroatoms. The summed E-state index contributed by atoms with van der Waals surface area (Å²) in [5, 5.41) is 6.39. The van der Waals surface area contributed by atoms with Crippen LogP contribution in [0.25, 0.3) is 0 Å². The van der Waals surface area contributed by atoms with Gasteiger partial charge in [-0.1, -0.05) is 6.92 Å². The first-order valence-electron chi connectivity index (χ1n) is 5.68. The van der Waals surface area contributed by atoms with E-state index in [-0.39, 0.29) is 6.04 Å². The molecule has 17 heavy (non-hydrogen) atoms. The summed E-state index contributed by atoms with van der Waals surface area (Å²) in [5.41, 5.74) is 0.972. The molecule has 1 aromatic rings. The first-order valence-corrected chi connectivity index (χ1v) is 5.68. The fraction of sp³-hybridized carbons (Fsp3) is 0.500. The van der Waals surface area contributed by atoms with Crippen molar-refractivity contribution in [1.82, 2.24) is 5.32 Å². The summed E-state index contributed by atoms with van der Waals surface area (Å²) in [4.78, 5) is 0. The lowest BCUT2D eigenvalue weighted by molar-refractivity contribution is -0.137. The van der Waals surface area contributed by atoms with E-state index in [1.807, 2.05) is 6.92 Å². The van der Waals surface area contributed by atoms with Crippen molar-refractivity contribution < 1.29 is 13.2 Å². The van der Waals surface area contributed by atoms with Gasteiger partial charge >= 0.3 is 6.18 Å². The van der Waals surface area contributed by atoms with Crippen LogP contribution in [-0.2, 0) is 12.6 Å². The van der Waals surface area contributed by atoms with Crippen LogP contribution in [0, 0.1) is 0 Å². The zero-order chi connectivity index (χ0) is 12.5. The molecule has 0 radical (unpaired) electrons. The standard InChI is InChI=1S/C12H15F3N2/c1-2-16-10-6-8-5-9(12(13,14)15)3-4-11(8)17-7-10/h3-5,10,16-17H,2,6-7H2,1H3. The van der Waals surface area contributed by atoms with Crippen LogP contribution in [0.5, 0.6) is 0 Å². The molecule has 1 aromatic carbocycles. The maximum absolute atomic E-state index is 12.6. The monoisotopic (exact) mass is 244 g/mol. The van der Waals surface area contributed by atoms with Crippen LogP contribution < -0.4 is 10.6 Å². The van der Waals surface area contributed by atoms with Crippen LogP contribution in [-0.4, -0.2) is 19.1 Å². The molecular formula is C12H15F3N2. The summed E-state index contributed by atoms with van der Waals surface area (Å²) in [6, 6.07) is 4.09. The Bertz CT molecular complexity index is 401. The molecule has 1 heterocycles. The lowest BCUT2D eigenvalue weighted by atomic mass is 9.97. The number of fused-ring (bicyclic) bond motifs is 1. The predicted molar refractivity (Wildman–Crippen MR) is 61.1 cm³/mol. The minimum atomic E-state index is -4.26. The zero-order valence-electron chi connectivity index (χ0n) is 9.56. The van der Waals surface area contributed by atoms with E-state index in [1.165, 1.54) is 12.1 Å². The van der Waals surface area contributed by atoms with E-state index >= 15 is 0 Å². The molecule has 0 saturated carbocycles. The quantitative estimate of drug-likeness (QED) is 0.835. The first-order chi connectivity index (χ1) is 8.00. The SMILES string of the molecule is CCNC1CNc2ccc(C(F)(F)F)cc2C1. The molecule has 1 aliphatic heterocycles. The summed E-state index contributed by atoms with van der Waals surface area (Å²) < 4.78 is 37.7. The van der Waals surface area contributed by atoms with Crippen molar-refractivity contribution in [2.24, 2.45) is 0 Å². The van der Waals surface area contributed by atoms with Crippen molar-refractivity contribution in [1.29, 1.82) is 0 Å². The van der Waals surface area contributed by atoms with E-state index in [1.54, 1.807) is 0 Å². The maximum atomic E-state index is 12.6. The second-order valence-electron chi connectivity index (χ2n) is 4.21. The average molecular weight is 244 g/mol. The summed E-state index contributed by atoms with van der Waals surface area (Å²) in [6.45, 7) is 3.56. The molecule has 1 aliphatic rings. The van der Waals surface area contributed by atoms with E-state index in [0.717, 1.165) is 30.4 Å². The van der Waals surface area contributed by atoms with Crippen LogP contribution in [0.1, 0.15) is 18.1 Å². The Morgan fingerprint density at radius 1 is 1.41 bits per heavy atom. The van der Waals surface area contributed by atoms with Crippen LogP contribution in [0.3, 0.4) is 0 Å². The summed E-state index contributed by atoms with van der Waals surface area (Å²) in [7, 11) is 0. The minimum Gasteiger partial charge on any atom is -0.383 e. The predicted octanol–water partition coefficient (Wildman–Crippen LogP) is 2.65. The molecule has 94 valence electrons. The lowest BCUT2D eigenvalue weighted by Gasteiger charge is -2.27. The molecule has 2 N–H and O–H groups in total. The highest BCUT2D eigenvalue weighted by atomic mass is 19.4.